The van der Waals surface area contributed by atoms with Gasteiger partial charge >= 0.3 is 5.24 Å². The lowest BCUT2D eigenvalue weighted by Crippen LogP contribution is -2.36. The van der Waals surface area contributed by atoms with Gasteiger partial charge < -0.3 is 0 Å². The van der Waals surface area contributed by atoms with E-state index in [0.717, 1.165) is 16.8 Å². The summed E-state index contributed by atoms with van der Waals surface area (Å²) in [6, 6.07) is 0. The molecule has 1 aliphatic heterocycles. The molecule has 1 rings (SSSR count). The van der Waals surface area contributed by atoms with E-state index < -0.39 is 0 Å². The minimum atomic E-state index is -0.153. The first-order valence-corrected chi connectivity index (χ1v) is 2.90. The van der Waals surface area contributed by atoms with Crippen molar-refractivity contribution >= 4 is 22.5 Å². The highest BCUT2D eigenvalue weighted by Crippen LogP contribution is 2.05. The van der Waals surface area contributed by atoms with Crippen molar-refractivity contribution in [2.45, 2.75) is 0 Å². The molecule has 0 saturated carbocycles. The van der Waals surface area contributed by atoms with Crippen LogP contribution >= 0.6 is 11.8 Å². The number of hydrogen-bond acceptors (Lipinski definition) is 4. The van der Waals surface area contributed by atoms with Crippen LogP contribution in [0.2, 0.25) is 0 Å². The molecular weight excluding hydrogens is 126 g/mol. The van der Waals surface area contributed by atoms with Crippen LogP contribution < -0.4 is 5.84 Å². The molecule has 4 nitrogen and oxygen atoms in total. The molecule has 0 bridgehead atoms. The Morgan fingerprint density at radius 1 is 2.00 bits per heavy atom. The smallest absolute Gasteiger partial charge is 0.263 e. The molecule has 0 unspecified atom stereocenters. The summed E-state index contributed by atoms with van der Waals surface area (Å²) in [6.45, 7) is 0.284. The predicted octanol–water partition coefficient (Wildman–Crippen LogP) is 0.0147. The first-order valence-electron chi connectivity index (χ1n) is 2.02. The number of carbonyl (C=O) groups is 1. The number of hydrazine groups is 1. The van der Waals surface area contributed by atoms with E-state index in [4.69, 9.17) is 5.84 Å². The van der Waals surface area contributed by atoms with E-state index in [9.17, 15) is 4.79 Å². The van der Waals surface area contributed by atoms with Gasteiger partial charge in [-0.25, -0.2) is 10.9 Å². The fraction of sp³-hybridized carbons (Fsp3) is 0.333. The Labute approximate surface area is 50.7 Å². The molecule has 0 aromatic carbocycles. The molecule has 0 atom stereocenters. The molecule has 0 saturated heterocycles. The highest BCUT2D eigenvalue weighted by Gasteiger charge is 2.10. The summed E-state index contributed by atoms with van der Waals surface area (Å²) in [5.74, 6) is 5.13. The van der Waals surface area contributed by atoms with Crippen LogP contribution in [0, 0.1) is 0 Å². The Hall–Kier alpha value is -0.550. The molecule has 0 radical (unpaired) electrons. The zero-order chi connectivity index (χ0) is 5.98. The van der Waals surface area contributed by atoms with Gasteiger partial charge in [0.1, 0.15) is 6.67 Å². The van der Waals surface area contributed by atoms with Crippen molar-refractivity contribution in [3.8, 4) is 0 Å². The Morgan fingerprint density at radius 3 is 3.12 bits per heavy atom. The highest BCUT2D eigenvalue weighted by atomic mass is 32.2. The van der Waals surface area contributed by atoms with Crippen LogP contribution in [0.5, 0.6) is 0 Å². The van der Waals surface area contributed by atoms with Gasteiger partial charge in [-0.2, -0.15) is 0 Å². The number of aliphatic imine (C=N–C) groups is 1. The van der Waals surface area contributed by atoms with Crippen LogP contribution in [0.25, 0.3) is 0 Å². The van der Waals surface area contributed by atoms with E-state index in [1.165, 1.54) is 5.55 Å². The van der Waals surface area contributed by atoms with Gasteiger partial charge in [-0.1, -0.05) is 0 Å². The lowest BCUT2D eigenvalue weighted by Gasteiger charge is -2.14. The van der Waals surface area contributed by atoms with E-state index in [2.05, 4.69) is 4.99 Å². The van der Waals surface area contributed by atoms with Gasteiger partial charge in [0.15, 0.2) is 0 Å². The number of carbonyl (C=O) groups excluding carboxylic acids is 1. The SMILES string of the molecule is NN1CN=CSC1=O. The van der Waals surface area contributed by atoms with Crippen molar-refractivity contribution < 1.29 is 4.79 Å². The van der Waals surface area contributed by atoms with Crippen molar-refractivity contribution in [2.75, 3.05) is 6.67 Å². The van der Waals surface area contributed by atoms with Gasteiger partial charge in [0, 0.05) is 0 Å². The fourth-order valence-corrected chi connectivity index (χ4v) is 0.754. The summed E-state index contributed by atoms with van der Waals surface area (Å²) >= 11 is 0.997. The van der Waals surface area contributed by atoms with Crippen LogP contribution in [0.1, 0.15) is 0 Å². The van der Waals surface area contributed by atoms with Crippen molar-refractivity contribution in [1.29, 1.82) is 0 Å². The average Bonchev–Trinajstić information content (AvgIpc) is 1.77. The molecule has 0 fully saturated rings. The maximum absolute atomic E-state index is 10.5. The summed E-state index contributed by atoms with van der Waals surface area (Å²) in [4.78, 5) is 14.2. The third-order valence-electron chi connectivity index (χ3n) is 0.697. The molecule has 0 aromatic rings. The number of amides is 1. The second kappa shape index (κ2) is 2.15. The zero-order valence-corrected chi connectivity index (χ0v) is 4.89. The molecule has 2 N–H and O–H groups in total. The van der Waals surface area contributed by atoms with Crippen molar-refractivity contribution in [2.24, 2.45) is 10.8 Å². The molecular formula is C3H5N3OS. The van der Waals surface area contributed by atoms with Gasteiger partial charge in [-0.3, -0.25) is 9.79 Å². The van der Waals surface area contributed by atoms with E-state index in [-0.39, 0.29) is 11.9 Å². The number of rotatable bonds is 0. The van der Waals surface area contributed by atoms with Crippen molar-refractivity contribution in [3.05, 3.63) is 0 Å². The molecule has 0 spiro atoms. The van der Waals surface area contributed by atoms with Gasteiger partial charge in [0.2, 0.25) is 0 Å². The topological polar surface area (TPSA) is 58.7 Å². The fourth-order valence-electron chi connectivity index (χ4n) is 0.329. The second-order valence-corrected chi connectivity index (χ2v) is 2.08. The van der Waals surface area contributed by atoms with Crippen LogP contribution in [0.15, 0.2) is 4.99 Å². The lowest BCUT2D eigenvalue weighted by atomic mass is 11.0. The average molecular weight is 131 g/mol. The molecule has 0 aliphatic carbocycles. The normalized spacial score (nSPS) is 19.6. The summed E-state index contributed by atoms with van der Waals surface area (Å²) in [6.07, 6.45) is 0. The van der Waals surface area contributed by atoms with Crippen LogP contribution in [0.4, 0.5) is 4.79 Å². The van der Waals surface area contributed by atoms with E-state index in [1.807, 2.05) is 0 Å². The lowest BCUT2D eigenvalue weighted by molar-refractivity contribution is 0.226. The van der Waals surface area contributed by atoms with Gasteiger partial charge in [0.05, 0.1) is 5.55 Å². The maximum Gasteiger partial charge on any atom is 0.303 e. The summed E-state index contributed by atoms with van der Waals surface area (Å²) in [7, 11) is 0. The molecule has 1 heterocycles. The number of thioether (sulfide) groups is 1. The third-order valence-corrected chi connectivity index (χ3v) is 1.39. The Kier molecular flexibility index (Phi) is 1.50. The zero-order valence-electron chi connectivity index (χ0n) is 4.07. The molecule has 0 aromatic heterocycles. The van der Waals surface area contributed by atoms with Crippen LogP contribution in [0.3, 0.4) is 0 Å². The summed E-state index contributed by atoms with van der Waals surface area (Å²) in [5.41, 5.74) is 1.49. The predicted molar refractivity (Wildman–Crippen MR) is 32.4 cm³/mol. The molecule has 8 heavy (non-hydrogen) atoms. The van der Waals surface area contributed by atoms with Gasteiger partial charge in [0.25, 0.3) is 0 Å². The maximum atomic E-state index is 10.5. The quantitative estimate of drug-likeness (QED) is 0.372. The summed E-state index contributed by atoms with van der Waals surface area (Å²) < 4.78 is 0. The van der Waals surface area contributed by atoms with Gasteiger partial charge in [-0.05, 0) is 11.8 Å². The van der Waals surface area contributed by atoms with E-state index >= 15 is 0 Å². The summed E-state index contributed by atoms with van der Waals surface area (Å²) in [5, 5.41) is 0.907. The minimum absolute atomic E-state index is 0.153. The number of hydrogen-bond donors (Lipinski definition) is 1. The van der Waals surface area contributed by atoms with Crippen LogP contribution in [-0.4, -0.2) is 22.5 Å². The van der Waals surface area contributed by atoms with Crippen LogP contribution in [-0.2, 0) is 0 Å². The Balaban J connectivity index is 2.57. The Morgan fingerprint density at radius 2 is 2.75 bits per heavy atom. The molecule has 1 aliphatic rings. The largest absolute Gasteiger partial charge is 0.303 e. The van der Waals surface area contributed by atoms with Gasteiger partial charge in [-0.15, -0.1) is 0 Å². The molecule has 44 valence electrons. The first kappa shape index (κ1) is 5.58. The Bertz CT molecular complexity index is 134. The third kappa shape index (κ3) is 0.988. The van der Waals surface area contributed by atoms with Crippen molar-refractivity contribution in [3.63, 3.8) is 0 Å². The molecule has 5 heteroatoms. The number of nitrogens with zero attached hydrogens (tertiary/aromatic N) is 2. The minimum Gasteiger partial charge on any atom is -0.263 e. The monoisotopic (exact) mass is 131 g/mol. The second-order valence-electron chi connectivity index (χ2n) is 1.28. The standard InChI is InChI=1S/C3H5N3OS/c4-6-1-5-2-8-3(6)7/h2H,1,4H2. The van der Waals surface area contributed by atoms with E-state index in [1.54, 1.807) is 0 Å². The highest BCUT2D eigenvalue weighted by molar-refractivity contribution is 8.24. The van der Waals surface area contributed by atoms with Crippen molar-refractivity contribution in [1.82, 2.24) is 5.01 Å². The number of nitrogens with two attached hydrogens (primary N) is 1. The molecule has 1 amide bonds. The van der Waals surface area contributed by atoms with E-state index in [0.29, 0.717) is 0 Å². The first-order chi connectivity index (χ1) is 3.80.